The van der Waals surface area contributed by atoms with Crippen LogP contribution in [0.2, 0.25) is 0 Å². The largest absolute Gasteiger partial charge is 0.497 e. The lowest BCUT2D eigenvalue weighted by Crippen LogP contribution is -2.05. The van der Waals surface area contributed by atoms with Crippen LogP contribution in [0.5, 0.6) is 11.5 Å². The van der Waals surface area contributed by atoms with Gasteiger partial charge in [-0.25, -0.2) is 14.2 Å². The Morgan fingerprint density at radius 1 is 1.12 bits per heavy atom. The number of carbonyl (C=O) groups excluding carboxylic acids is 1. The Morgan fingerprint density at radius 3 is 2.65 bits per heavy atom. The second kappa shape index (κ2) is 7.82. The van der Waals surface area contributed by atoms with Crippen LogP contribution in [0.15, 0.2) is 53.2 Å². The van der Waals surface area contributed by atoms with E-state index >= 15 is 0 Å². The predicted molar refractivity (Wildman–Crippen MR) is 95.8 cm³/mol. The Balaban J connectivity index is 1.79. The number of aliphatic imine (C=N–C) groups is 1. The van der Waals surface area contributed by atoms with E-state index in [-0.39, 0.29) is 17.4 Å². The fourth-order valence-corrected chi connectivity index (χ4v) is 2.60. The van der Waals surface area contributed by atoms with Gasteiger partial charge in [0.2, 0.25) is 0 Å². The number of aryl methyl sites for hydroxylation is 1. The van der Waals surface area contributed by atoms with Gasteiger partial charge in [-0.05, 0) is 42.3 Å². The van der Waals surface area contributed by atoms with E-state index in [1.165, 1.54) is 6.07 Å². The van der Waals surface area contributed by atoms with Crippen molar-refractivity contribution in [2.24, 2.45) is 4.99 Å². The number of carbonyl (C=O) groups is 1. The first kappa shape index (κ1) is 17.7. The Kier molecular flexibility index (Phi) is 5.31. The van der Waals surface area contributed by atoms with Gasteiger partial charge < -0.3 is 14.2 Å². The lowest BCUT2D eigenvalue weighted by molar-refractivity contribution is -0.130. The van der Waals surface area contributed by atoms with Gasteiger partial charge in [-0.15, -0.1) is 0 Å². The Hall–Kier alpha value is -3.15. The summed E-state index contributed by atoms with van der Waals surface area (Å²) in [4.78, 5) is 16.3. The average Bonchev–Trinajstić information content (AvgIpc) is 3.00. The van der Waals surface area contributed by atoms with E-state index in [4.69, 9.17) is 14.2 Å². The minimum Gasteiger partial charge on any atom is -0.497 e. The first-order valence-electron chi connectivity index (χ1n) is 8.07. The van der Waals surface area contributed by atoms with Crippen LogP contribution >= 0.6 is 0 Å². The fraction of sp³-hybridized carbons (Fsp3) is 0.200. The van der Waals surface area contributed by atoms with Crippen molar-refractivity contribution in [1.82, 2.24) is 0 Å². The van der Waals surface area contributed by atoms with Crippen LogP contribution in [-0.4, -0.2) is 26.1 Å². The van der Waals surface area contributed by atoms with Crippen molar-refractivity contribution in [2.75, 3.05) is 14.2 Å². The van der Waals surface area contributed by atoms with E-state index in [1.54, 1.807) is 56.7 Å². The van der Waals surface area contributed by atoms with Crippen LogP contribution in [-0.2, 0) is 16.0 Å². The minimum atomic E-state index is -0.543. The molecule has 0 atom stereocenters. The van der Waals surface area contributed by atoms with E-state index < -0.39 is 5.97 Å². The number of benzene rings is 2. The molecule has 0 saturated carbocycles. The highest BCUT2D eigenvalue weighted by Gasteiger charge is 2.23. The maximum Gasteiger partial charge on any atom is 0.363 e. The van der Waals surface area contributed by atoms with E-state index in [9.17, 15) is 9.18 Å². The number of esters is 1. The molecule has 6 heteroatoms. The number of cyclic esters (lactones) is 1. The maximum atomic E-state index is 13.7. The molecule has 1 heterocycles. The predicted octanol–water partition coefficient (Wildman–Crippen LogP) is 3.77. The molecular formula is C20H18FNO4. The van der Waals surface area contributed by atoms with Crippen molar-refractivity contribution in [1.29, 1.82) is 0 Å². The highest BCUT2D eigenvalue weighted by molar-refractivity contribution is 6.07. The molecule has 0 aliphatic carbocycles. The van der Waals surface area contributed by atoms with Crippen molar-refractivity contribution in [3.05, 3.63) is 65.1 Å². The number of methoxy groups -OCH3 is 2. The number of hydrogen-bond acceptors (Lipinski definition) is 5. The van der Waals surface area contributed by atoms with Gasteiger partial charge in [-0.2, -0.15) is 0 Å². The lowest BCUT2D eigenvalue weighted by Gasteiger charge is -2.07. The van der Waals surface area contributed by atoms with Crippen LogP contribution in [0, 0.1) is 5.82 Å². The Labute approximate surface area is 150 Å². The van der Waals surface area contributed by atoms with Crippen molar-refractivity contribution in [3.63, 3.8) is 0 Å². The first-order chi connectivity index (χ1) is 12.6. The molecule has 0 radical (unpaired) electrons. The van der Waals surface area contributed by atoms with Gasteiger partial charge >= 0.3 is 5.97 Å². The van der Waals surface area contributed by atoms with Crippen LogP contribution in [0.1, 0.15) is 17.5 Å². The van der Waals surface area contributed by atoms with Gasteiger partial charge in [0.1, 0.15) is 17.3 Å². The molecule has 2 aromatic rings. The summed E-state index contributed by atoms with van der Waals surface area (Å²) < 4.78 is 29.3. The molecule has 0 spiro atoms. The first-order valence-corrected chi connectivity index (χ1v) is 8.07. The molecule has 0 aromatic heterocycles. The highest BCUT2D eigenvalue weighted by Crippen LogP contribution is 2.28. The molecule has 1 aliphatic heterocycles. The summed E-state index contributed by atoms with van der Waals surface area (Å²) >= 11 is 0. The number of halogens is 1. The van der Waals surface area contributed by atoms with Gasteiger partial charge in [-0.3, -0.25) is 0 Å². The minimum absolute atomic E-state index is 0.167. The molecule has 0 unspecified atom stereocenters. The molecule has 0 bridgehead atoms. The molecule has 0 fully saturated rings. The number of rotatable bonds is 6. The van der Waals surface area contributed by atoms with Crippen LogP contribution in [0.25, 0.3) is 6.08 Å². The zero-order valence-electron chi connectivity index (χ0n) is 14.5. The maximum absolute atomic E-state index is 13.7. The average molecular weight is 355 g/mol. The third-order valence-corrected chi connectivity index (χ3v) is 3.96. The van der Waals surface area contributed by atoms with Crippen molar-refractivity contribution in [3.8, 4) is 11.5 Å². The molecule has 2 aromatic carbocycles. The summed E-state index contributed by atoms with van der Waals surface area (Å²) in [5.41, 5.74) is 1.37. The normalized spacial score (nSPS) is 15.0. The van der Waals surface area contributed by atoms with Gasteiger partial charge in [0, 0.05) is 12.0 Å². The summed E-state index contributed by atoms with van der Waals surface area (Å²) in [6.45, 7) is 0. The summed E-state index contributed by atoms with van der Waals surface area (Å²) in [6.07, 6.45) is 2.31. The summed E-state index contributed by atoms with van der Waals surface area (Å²) in [7, 11) is 3.10. The van der Waals surface area contributed by atoms with Crippen LogP contribution < -0.4 is 9.47 Å². The van der Waals surface area contributed by atoms with E-state index in [0.29, 0.717) is 35.5 Å². The summed E-state index contributed by atoms with van der Waals surface area (Å²) in [5, 5.41) is 0. The van der Waals surface area contributed by atoms with Crippen molar-refractivity contribution in [2.45, 2.75) is 12.8 Å². The van der Waals surface area contributed by atoms with Gasteiger partial charge in [0.15, 0.2) is 11.6 Å². The van der Waals surface area contributed by atoms with Gasteiger partial charge in [0.25, 0.3) is 0 Å². The highest BCUT2D eigenvalue weighted by atomic mass is 19.1. The quantitative estimate of drug-likeness (QED) is 0.585. The topological polar surface area (TPSA) is 57.1 Å². The van der Waals surface area contributed by atoms with Crippen molar-refractivity contribution >= 4 is 17.9 Å². The zero-order chi connectivity index (χ0) is 18.5. The molecule has 5 nitrogen and oxygen atoms in total. The van der Waals surface area contributed by atoms with Crippen LogP contribution in [0.3, 0.4) is 0 Å². The summed E-state index contributed by atoms with van der Waals surface area (Å²) in [5.74, 6) is 0.660. The number of nitrogens with zero attached hydrogens (tertiary/aromatic N) is 1. The molecule has 0 N–H and O–H groups in total. The smallest absolute Gasteiger partial charge is 0.363 e. The monoisotopic (exact) mass is 355 g/mol. The van der Waals surface area contributed by atoms with E-state index in [0.717, 1.165) is 0 Å². The number of hydrogen-bond donors (Lipinski definition) is 0. The van der Waals surface area contributed by atoms with Crippen LogP contribution in [0.4, 0.5) is 4.39 Å². The van der Waals surface area contributed by atoms with E-state index in [1.807, 2.05) is 0 Å². The molecule has 134 valence electrons. The summed E-state index contributed by atoms with van der Waals surface area (Å²) in [6, 6.07) is 11.7. The molecular weight excluding hydrogens is 337 g/mol. The standard InChI is InChI=1S/C20H18FNO4/c1-24-15-8-9-18(25-2)14(11-15)12-17-20(23)26-19(22-17)10-7-13-5-3-4-6-16(13)21/h3-6,8-9,11-12H,7,10H2,1-2H3/b17-12-. The van der Waals surface area contributed by atoms with Crippen molar-refractivity contribution < 1.29 is 23.4 Å². The second-order valence-electron chi connectivity index (χ2n) is 5.62. The second-order valence-corrected chi connectivity index (χ2v) is 5.62. The third-order valence-electron chi connectivity index (χ3n) is 3.96. The SMILES string of the molecule is COc1ccc(OC)c(/C=C2\N=C(CCc3ccccc3F)OC2=O)c1. The number of ether oxygens (including phenoxy) is 3. The Morgan fingerprint density at radius 2 is 1.92 bits per heavy atom. The molecule has 1 aliphatic rings. The molecule has 3 rings (SSSR count). The van der Waals surface area contributed by atoms with E-state index in [2.05, 4.69) is 4.99 Å². The zero-order valence-corrected chi connectivity index (χ0v) is 14.5. The molecule has 26 heavy (non-hydrogen) atoms. The van der Waals surface area contributed by atoms with Gasteiger partial charge in [-0.1, -0.05) is 18.2 Å². The fourth-order valence-electron chi connectivity index (χ4n) is 2.60. The third kappa shape index (κ3) is 3.91. The van der Waals surface area contributed by atoms with Gasteiger partial charge in [0.05, 0.1) is 14.2 Å². The lowest BCUT2D eigenvalue weighted by atomic mass is 10.1. The molecule has 0 amide bonds. The Bertz CT molecular complexity index is 889. The molecule has 0 saturated heterocycles.